The van der Waals surface area contributed by atoms with E-state index >= 15 is 0 Å². The van der Waals surface area contributed by atoms with E-state index in [9.17, 15) is 14.3 Å². The third-order valence-electron chi connectivity index (χ3n) is 3.78. The van der Waals surface area contributed by atoms with E-state index in [1.807, 2.05) is 6.07 Å². The smallest absolute Gasteiger partial charge is 0.352 e. The Bertz CT molecular complexity index is 914. The summed E-state index contributed by atoms with van der Waals surface area (Å²) in [4.78, 5) is 11.5. The van der Waals surface area contributed by atoms with Crippen LogP contribution in [0, 0.1) is 5.82 Å². The zero-order valence-electron chi connectivity index (χ0n) is 12.9. The second-order valence-corrected chi connectivity index (χ2v) is 5.30. The van der Waals surface area contributed by atoms with Crippen LogP contribution in [0.3, 0.4) is 0 Å². The van der Waals surface area contributed by atoms with Gasteiger partial charge in [-0.2, -0.15) is 0 Å². The second kappa shape index (κ2) is 6.58. The third-order valence-corrected chi connectivity index (χ3v) is 3.78. The average molecular weight is 325 g/mol. The van der Waals surface area contributed by atoms with E-state index in [0.29, 0.717) is 23.2 Å². The fourth-order valence-corrected chi connectivity index (χ4v) is 2.66. The molecule has 122 valence electrons. The van der Waals surface area contributed by atoms with Crippen molar-refractivity contribution in [3.8, 4) is 5.75 Å². The van der Waals surface area contributed by atoms with Gasteiger partial charge in [-0.15, -0.1) is 6.58 Å². The molecule has 0 aliphatic heterocycles. The zero-order chi connectivity index (χ0) is 17.1. The molecule has 1 N–H and O–H groups in total. The Labute approximate surface area is 138 Å². The molecule has 0 bridgehead atoms. The van der Waals surface area contributed by atoms with E-state index in [2.05, 4.69) is 6.58 Å². The molecule has 0 saturated carbocycles. The number of benzene rings is 2. The van der Waals surface area contributed by atoms with Crippen molar-refractivity contribution < 1.29 is 19.0 Å². The lowest BCUT2D eigenvalue weighted by Gasteiger charge is -2.09. The summed E-state index contributed by atoms with van der Waals surface area (Å²) in [5, 5.41) is 10.1. The maximum atomic E-state index is 13.7. The van der Waals surface area contributed by atoms with Crippen molar-refractivity contribution in [3.63, 3.8) is 0 Å². The molecule has 1 aromatic heterocycles. The molecule has 0 radical (unpaired) electrons. The van der Waals surface area contributed by atoms with Gasteiger partial charge in [0.05, 0.1) is 5.52 Å². The predicted molar refractivity (Wildman–Crippen MR) is 89.8 cm³/mol. The molecule has 3 rings (SSSR count). The van der Waals surface area contributed by atoms with E-state index in [4.69, 9.17) is 4.74 Å². The highest BCUT2D eigenvalue weighted by Gasteiger charge is 2.16. The van der Waals surface area contributed by atoms with Gasteiger partial charge in [-0.1, -0.05) is 30.3 Å². The van der Waals surface area contributed by atoms with Gasteiger partial charge in [0.1, 0.15) is 23.9 Å². The first-order valence-electron chi connectivity index (χ1n) is 7.44. The lowest BCUT2D eigenvalue weighted by atomic mass is 10.2. The minimum Gasteiger partial charge on any atom is -0.488 e. The largest absolute Gasteiger partial charge is 0.488 e. The molecule has 0 amide bonds. The number of aromatic nitrogens is 1. The van der Waals surface area contributed by atoms with Crippen LogP contribution in [0.15, 0.2) is 61.2 Å². The van der Waals surface area contributed by atoms with Crippen LogP contribution < -0.4 is 4.74 Å². The van der Waals surface area contributed by atoms with Crippen LogP contribution in [-0.4, -0.2) is 15.6 Å². The molecule has 24 heavy (non-hydrogen) atoms. The molecule has 5 heteroatoms. The van der Waals surface area contributed by atoms with Gasteiger partial charge >= 0.3 is 5.97 Å². The monoisotopic (exact) mass is 325 g/mol. The Kier molecular flexibility index (Phi) is 4.33. The Morgan fingerprint density at radius 1 is 1.25 bits per heavy atom. The van der Waals surface area contributed by atoms with Crippen LogP contribution in [0.2, 0.25) is 0 Å². The SMILES string of the molecule is C=CCn1c(C(=O)O)cc2c(OCc3ccccc3F)cccc21. The normalized spacial score (nSPS) is 10.7. The lowest BCUT2D eigenvalue weighted by molar-refractivity contribution is 0.0686. The fraction of sp³-hybridized carbons (Fsp3) is 0.105. The molecule has 0 aliphatic rings. The van der Waals surface area contributed by atoms with Crippen LogP contribution in [-0.2, 0) is 13.2 Å². The number of fused-ring (bicyclic) bond motifs is 1. The van der Waals surface area contributed by atoms with Gasteiger partial charge in [-0.05, 0) is 24.3 Å². The van der Waals surface area contributed by atoms with Crippen molar-refractivity contribution in [1.29, 1.82) is 0 Å². The number of hydrogen-bond donors (Lipinski definition) is 1. The van der Waals surface area contributed by atoms with E-state index in [1.54, 1.807) is 47.0 Å². The lowest BCUT2D eigenvalue weighted by Crippen LogP contribution is -2.06. The van der Waals surface area contributed by atoms with E-state index in [0.717, 1.165) is 5.52 Å². The number of allylic oxidation sites excluding steroid dienone is 1. The summed E-state index contributed by atoms with van der Waals surface area (Å²) < 4.78 is 21.1. The van der Waals surface area contributed by atoms with Crippen molar-refractivity contribution in [2.45, 2.75) is 13.2 Å². The maximum Gasteiger partial charge on any atom is 0.352 e. The number of ether oxygens (including phenoxy) is 1. The van der Waals surface area contributed by atoms with Crippen molar-refractivity contribution >= 4 is 16.9 Å². The minimum atomic E-state index is -1.02. The molecule has 0 spiro atoms. The van der Waals surface area contributed by atoms with Gasteiger partial charge in [-0.3, -0.25) is 0 Å². The van der Waals surface area contributed by atoms with Crippen LogP contribution >= 0.6 is 0 Å². The second-order valence-electron chi connectivity index (χ2n) is 5.30. The van der Waals surface area contributed by atoms with Gasteiger partial charge in [0.2, 0.25) is 0 Å². The van der Waals surface area contributed by atoms with E-state index < -0.39 is 5.97 Å². The molecule has 0 saturated heterocycles. The Balaban J connectivity index is 2.00. The first kappa shape index (κ1) is 15.8. The number of aromatic carboxylic acids is 1. The van der Waals surface area contributed by atoms with Crippen LogP contribution in [0.4, 0.5) is 4.39 Å². The number of hydrogen-bond acceptors (Lipinski definition) is 2. The van der Waals surface area contributed by atoms with E-state index in [1.165, 1.54) is 6.07 Å². The quantitative estimate of drug-likeness (QED) is 0.690. The summed E-state index contributed by atoms with van der Waals surface area (Å²) in [5.74, 6) is -0.839. The van der Waals surface area contributed by atoms with Crippen LogP contribution in [0.25, 0.3) is 10.9 Å². The molecule has 3 aromatic rings. The molecule has 0 aliphatic carbocycles. The molecule has 0 atom stereocenters. The molecular formula is C19H16FNO3. The maximum absolute atomic E-state index is 13.7. The van der Waals surface area contributed by atoms with Gasteiger partial charge in [0, 0.05) is 17.5 Å². The number of carboxylic acids is 1. The van der Waals surface area contributed by atoms with Gasteiger partial charge in [0.15, 0.2) is 0 Å². The number of carbonyl (C=O) groups is 1. The Hall–Kier alpha value is -3.08. The molecule has 0 unspecified atom stereocenters. The van der Waals surface area contributed by atoms with Crippen LogP contribution in [0.5, 0.6) is 5.75 Å². The van der Waals surface area contributed by atoms with Gasteiger partial charge in [0.25, 0.3) is 0 Å². The Morgan fingerprint density at radius 2 is 2.04 bits per heavy atom. The van der Waals surface area contributed by atoms with E-state index in [-0.39, 0.29) is 18.1 Å². The minimum absolute atomic E-state index is 0.0703. The summed E-state index contributed by atoms with van der Waals surface area (Å²) in [6.45, 7) is 4.11. The number of halogens is 1. The van der Waals surface area contributed by atoms with Crippen molar-refractivity contribution in [2.75, 3.05) is 0 Å². The summed E-state index contributed by atoms with van der Waals surface area (Å²) in [6, 6.07) is 13.3. The number of rotatable bonds is 6. The van der Waals surface area contributed by atoms with Crippen molar-refractivity contribution in [2.24, 2.45) is 0 Å². The summed E-state index contributed by atoms with van der Waals surface area (Å²) in [6.07, 6.45) is 1.64. The number of carboxylic acid groups (broad SMARTS) is 1. The van der Waals surface area contributed by atoms with Crippen molar-refractivity contribution in [3.05, 3.63) is 78.3 Å². The highest BCUT2D eigenvalue weighted by Crippen LogP contribution is 2.30. The fourth-order valence-electron chi connectivity index (χ4n) is 2.66. The third kappa shape index (κ3) is 2.88. The molecular weight excluding hydrogens is 309 g/mol. The molecule has 1 heterocycles. The highest BCUT2D eigenvalue weighted by atomic mass is 19.1. The van der Waals surface area contributed by atoms with Crippen molar-refractivity contribution in [1.82, 2.24) is 4.57 Å². The molecule has 0 fully saturated rings. The first-order valence-corrected chi connectivity index (χ1v) is 7.44. The predicted octanol–water partition coefficient (Wildman–Crippen LogP) is 4.24. The van der Waals surface area contributed by atoms with Gasteiger partial charge < -0.3 is 14.4 Å². The highest BCUT2D eigenvalue weighted by molar-refractivity contribution is 5.97. The topological polar surface area (TPSA) is 51.5 Å². The average Bonchev–Trinajstić information content (AvgIpc) is 2.94. The van der Waals surface area contributed by atoms with Crippen LogP contribution in [0.1, 0.15) is 16.1 Å². The number of nitrogens with zero attached hydrogens (tertiary/aromatic N) is 1. The molecule has 2 aromatic carbocycles. The standard InChI is InChI=1S/C19H16FNO3/c1-2-10-21-16-8-5-9-18(14(16)11-17(21)19(22)23)24-12-13-6-3-4-7-15(13)20/h2-9,11H,1,10,12H2,(H,22,23). The first-order chi connectivity index (χ1) is 11.6. The summed E-state index contributed by atoms with van der Waals surface area (Å²) in [7, 11) is 0. The molecule has 4 nitrogen and oxygen atoms in total. The zero-order valence-corrected chi connectivity index (χ0v) is 12.9. The Morgan fingerprint density at radius 3 is 2.75 bits per heavy atom. The summed E-state index contributed by atoms with van der Waals surface area (Å²) in [5.41, 5.74) is 1.34. The summed E-state index contributed by atoms with van der Waals surface area (Å²) >= 11 is 0. The van der Waals surface area contributed by atoms with Gasteiger partial charge in [-0.25, -0.2) is 9.18 Å².